The van der Waals surface area contributed by atoms with Crippen LogP contribution in [0.15, 0.2) is 0 Å². The molecular weight excluding hydrogens is 468 g/mol. The molecule has 0 aliphatic carbocycles. The highest BCUT2D eigenvalue weighted by Crippen LogP contribution is 2.32. The topological polar surface area (TPSA) is 150 Å². The van der Waals surface area contributed by atoms with Crippen molar-refractivity contribution < 1.29 is 33.7 Å². The average molecular weight is 497 g/mol. The zero-order chi connectivity index (χ0) is 22.5. The maximum Gasteiger partial charge on any atom is 0.211 e. The Kier molecular flexibility index (Phi) is 6.84. The van der Waals surface area contributed by atoms with Crippen LogP contribution in [0.5, 0.6) is 0 Å². The van der Waals surface area contributed by atoms with E-state index in [0.717, 1.165) is 42.2 Å². The van der Waals surface area contributed by atoms with E-state index in [2.05, 4.69) is 0 Å². The van der Waals surface area contributed by atoms with Crippen molar-refractivity contribution in [2.24, 2.45) is 5.41 Å². The van der Waals surface area contributed by atoms with Crippen LogP contribution in [0.3, 0.4) is 0 Å². The molecule has 2 heterocycles. The number of sulfonamides is 4. The third kappa shape index (κ3) is 6.32. The Morgan fingerprint density at radius 2 is 0.621 bits per heavy atom. The monoisotopic (exact) mass is 496 g/mol. The van der Waals surface area contributed by atoms with Crippen LogP contribution in [0.2, 0.25) is 0 Å². The maximum absolute atomic E-state index is 12.3. The zero-order valence-electron chi connectivity index (χ0n) is 16.8. The fourth-order valence-corrected chi connectivity index (χ4v) is 7.38. The number of hydrogen-bond donors (Lipinski definition) is 0. The molecule has 0 amide bonds. The number of hydrogen-bond acceptors (Lipinski definition) is 8. The molecular formula is C13H28N4O8S4. The first-order valence-corrected chi connectivity index (χ1v) is 16.0. The molecule has 0 unspecified atom stereocenters. The zero-order valence-corrected chi connectivity index (χ0v) is 20.1. The van der Waals surface area contributed by atoms with Gasteiger partial charge in [-0.1, -0.05) is 0 Å². The van der Waals surface area contributed by atoms with Crippen LogP contribution in [0.4, 0.5) is 0 Å². The molecule has 0 aromatic heterocycles. The van der Waals surface area contributed by atoms with Crippen molar-refractivity contribution in [1.82, 2.24) is 17.2 Å². The third-order valence-corrected chi connectivity index (χ3v) is 10.1. The van der Waals surface area contributed by atoms with Gasteiger partial charge in [0.2, 0.25) is 40.1 Å². The van der Waals surface area contributed by atoms with Crippen molar-refractivity contribution in [3.05, 3.63) is 0 Å². The Morgan fingerprint density at radius 3 is 0.759 bits per heavy atom. The third-order valence-electron chi connectivity index (χ3n) is 5.12. The van der Waals surface area contributed by atoms with E-state index < -0.39 is 45.5 Å². The highest BCUT2D eigenvalue weighted by molar-refractivity contribution is 7.89. The average Bonchev–Trinajstić information content (AvgIpc) is 2.79. The molecule has 2 aliphatic rings. The lowest BCUT2D eigenvalue weighted by atomic mass is 9.88. The summed E-state index contributed by atoms with van der Waals surface area (Å²) in [6.45, 7) is -1.22. The van der Waals surface area contributed by atoms with Gasteiger partial charge in [0.15, 0.2) is 0 Å². The van der Waals surface area contributed by atoms with Crippen LogP contribution < -0.4 is 0 Å². The van der Waals surface area contributed by atoms with Gasteiger partial charge in [-0.15, -0.1) is 0 Å². The first-order valence-electron chi connectivity index (χ1n) is 8.64. The standard InChI is InChI=1S/C13H28N4O8S4/c1-26(18,19)14-5-6-15(27(2,20)21)10-13(9-14)11-16(28(3,22)23)7-8-17(12-13)29(4,24)25/h5-12H2,1-4H3. The van der Waals surface area contributed by atoms with Crippen LogP contribution in [0.1, 0.15) is 0 Å². The van der Waals surface area contributed by atoms with E-state index in [1.165, 1.54) is 0 Å². The van der Waals surface area contributed by atoms with Gasteiger partial charge in [-0.3, -0.25) is 0 Å². The molecule has 12 nitrogen and oxygen atoms in total. The Hall–Kier alpha value is -0.360. The minimum atomic E-state index is -3.74. The van der Waals surface area contributed by atoms with Crippen molar-refractivity contribution in [2.45, 2.75) is 0 Å². The first kappa shape index (κ1) is 24.9. The Morgan fingerprint density at radius 1 is 0.448 bits per heavy atom. The molecule has 2 fully saturated rings. The van der Waals surface area contributed by atoms with E-state index in [1.807, 2.05) is 0 Å². The van der Waals surface area contributed by atoms with Crippen LogP contribution in [-0.2, 0) is 40.1 Å². The number of rotatable bonds is 4. The van der Waals surface area contributed by atoms with Gasteiger partial charge in [0.05, 0.1) is 25.0 Å². The molecule has 0 N–H and O–H groups in total. The van der Waals surface area contributed by atoms with Gasteiger partial charge in [-0.2, -0.15) is 0 Å². The second-order valence-corrected chi connectivity index (χ2v) is 15.8. The summed E-state index contributed by atoms with van der Waals surface area (Å²) >= 11 is 0. The second-order valence-electron chi connectivity index (χ2n) is 7.89. The number of nitrogens with zero attached hydrogens (tertiary/aromatic N) is 4. The Labute approximate surface area is 173 Å². The molecule has 0 aromatic rings. The highest BCUT2D eigenvalue weighted by atomic mass is 32.2. The first-order chi connectivity index (χ1) is 12.8. The quantitative estimate of drug-likeness (QED) is 0.401. The summed E-state index contributed by atoms with van der Waals surface area (Å²) in [6, 6.07) is 0. The smallest absolute Gasteiger partial charge is 0.211 e. The second kappa shape index (κ2) is 7.96. The van der Waals surface area contributed by atoms with Crippen molar-refractivity contribution in [2.75, 3.05) is 77.4 Å². The van der Waals surface area contributed by atoms with Crippen LogP contribution in [0, 0.1) is 5.41 Å². The van der Waals surface area contributed by atoms with Gasteiger partial charge in [-0.25, -0.2) is 50.9 Å². The Balaban J connectivity index is 2.65. The predicted molar refractivity (Wildman–Crippen MR) is 108 cm³/mol. The molecule has 16 heteroatoms. The van der Waals surface area contributed by atoms with Crippen molar-refractivity contribution >= 4 is 40.1 Å². The van der Waals surface area contributed by atoms with Crippen molar-refractivity contribution in [3.8, 4) is 0 Å². The van der Waals surface area contributed by atoms with Gasteiger partial charge in [0, 0.05) is 57.8 Å². The lowest BCUT2D eigenvalue weighted by molar-refractivity contribution is 0.164. The van der Waals surface area contributed by atoms with Gasteiger partial charge >= 0.3 is 0 Å². The lowest BCUT2D eigenvalue weighted by Gasteiger charge is -2.39. The van der Waals surface area contributed by atoms with E-state index in [0.29, 0.717) is 0 Å². The molecule has 2 aliphatic heterocycles. The van der Waals surface area contributed by atoms with Crippen LogP contribution >= 0.6 is 0 Å². The van der Waals surface area contributed by atoms with E-state index in [-0.39, 0.29) is 52.4 Å². The summed E-state index contributed by atoms with van der Waals surface area (Å²) in [5.74, 6) is 0. The van der Waals surface area contributed by atoms with Gasteiger partial charge in [-0.05, 0) is 0 Å². The molecule has 172 valence electrons. The molecule has 0 bridgehead atoms. The van der Waals surface area contributed by atoms with E-state index in [4.69, 9.17) is 0 Å². The van der Waals surface area contributed by atoms with Gasteiger partial charge in [0.1, 0.15) is 0 Å². The van der Waals surface area contributed by atoms with Crippen molar-refractivity contribution in [3.63, 3.8) is 0 Å². The summed E-state index contributed by atoms with van der Waals surface area (Å²) in [5.41, 5.74) is -1.27. The van der Waals surface area contributed by atoms with E-state index >= 15 is 0 Å². The van der Waals surface area contributed by atoms with E-state index in [9.17, 15) is 33.7 Å². The molecule has 0 radical (unpaired) electrons. The summed E-state index contributed by atoms with van der Waals surface area (Å²) in [7, 11) is -14.9. The predicted octanol–water partition coefficient (Wildman–Crippen LogP) is -2.95. The van der Waals surface area contributed by atoms with E-state index in [1.54, 1.807) is 0 Å². The lowest BCUT2D eigenvalue weighted by Crippen LogP contribution is -2.54. The fraction of sp³-hybridized carbons (Fsp3) is 1.00. The fourth-order valence-electron chi connectivity index (χ4n) is 3.69. The minimum absolute atomic E-state index is 0.106. The Bertz CT molecular complexity index is 879. The summed E-state index contributed by atoms with van der Waals surface area (Å²) in [4.78, 5) is 0. The van der Waals surface area contributed by atoms with Gasteiger partial charge in [0.25, 0.3) is 0 Å². The molecule has 0 aromatic carbocycles. The molecule has 0 saturated carbocycles. The molecule has 0 atom stereocenters. The molecule has 2 saturated heterocycles. The van der Waals surface area contributed by atoms with Gasteiger partial charge < -0.3 is 0 Å². The minimum Gasteiger partial charge on any atom is -0.213 e. The molecule has 1 spiro atoms. The SMILES string of the molecule is CS(=O)(=O)N1CCN(S(C)(=O)=O)CC2(C1)CN(S(C)(=O)=O)CCN(S(C)(=O)=O)C2. The van der Waals surface area contributed by atoms with Crippen molar-refractivity contribution in [1.29, 1.82) is 0 Å². The largest absolute Gasteiger partial charge is 0.213 e. The summed E-state index contributed by atoms with van der Waals surface area (Å²) < 4.78 is 102. The molecule has 29 heavy (non-hydrogen) atoms. The summed E-state index contributed by atoms with van der Waals surface area (Å²) in [5, 5.41) is 0. The summed E-state index contributed by atoms with van der Waals surface area (Å²) in [6.07, 6.45) is 3.93. The maximum atomic E-state index is 12.3. The highest BCUT2D eigenvalue weighted by Gasteiger charge is 2.47. The van der Waals surface area contributed by atoms with Crippen LogP contribution in [-0.4, -0.2) is 128 Å². The molecule has 2 rings (SSSR count). The normalized spacial score (nSPS) is 25.0. The van der Waals surface area contributed by atoms with Crippen LogP contribution in [0.25, 0.3) is 0 Å².